The predicted molar refractivity (Wildman–Crippen MR) is 183 cm³/mol. The van der Waals surface area contributed by atoms with Gasteiger partial charge in [-0.1, -0.05) is 121 Å². The van der Waals surface area contributed by atoms with E-state index in [9.17, 15) is 0 Å². The van der Waals surface area contributed by atoms with Crippen molar-refractivity contribution in [3.8, 4) is 33.7 Å². The molecule has 0 aliphatic heterocycles. The maximum Gasteiger partial charge on any atom is 0.227 e. The molecule has 0 aliphatic rings. The fraction of sp³-hybridized carbons (Fsp3) is 0. The molecular weight excluding hydrogens is 536 g/mol. The van der Waals surface area contributed by atoms with Crippen molar-refractivity contribution in [2.75, 3.05) is 4.90 Å². The van der Waals surface area contributed by atoms with Gasteiger partial charge >= 0.3 is 0 Å². The van der Waals surface area contributed by atoms with Crippen LogP contribution in [0.3, 0.4) is 0 Å². The van der Waals surface area contributed by atoms with Gasteiger partial charge in [0.1, 0.15) is 5.52 Å². The van der Waals surface area contributed by atoms with Crippen molar-refractivity contribution in [1.82, 2.24) is 4.98 Å². The molecule has 0 bridgehead atoms. The molecule has 3 heteroatoms. The van der Waals surface area contributed by atoms with Crippen LogP contribution in [0, 0.1) is 0 Å². The number of rotatable bonds is 6. The Hall–Kier alpha value is -5.93. The van der Waals surface area contributed by atoms with Crippen molar-refractivity contribution < 1.29 is 4.42 Å². The molecule has 3 nitrogen and oxygen atoms in total. The van der Waals surface area contributed by atoms with Crippen LogP contribution in [0.25, 0.3) is 55.6 Å². The number of oxazole rings is 1. The lowest BCUT2D eigenvalue weighted by molar-refractivity contribution is 0.623. The molecule has 0 aliphatic carbocycles. The van der Waals surface area contributed by atoms with E-state index in [2.05, 4.69) is 132 Å². The van der Waals surface area contributed by atoms with Gasteiger partial charge in [0.25, 0.3) is 0 Å². The van der Waals surface area contributed by atoms with Crippen LogP contribution in [0.2, 0.25) is 0 Å². The summed E-state index contributed by atoms with van der Waals surface area (Å²) in [5, 5.41) is 2.12. The Balaban J connectivity index is 1.35. The molecule has 0 radical (unpaired) electrons. The van der Waals surface area contributed by atoms with Crippen molar-refractivity contribution in [2.45, 2.75) is 0 Å². The zero-order chi connectivity index (χ0) is 29.3. The van der Waals surface area contributed by atoms with E-state index in [4.69, 9.17) is 9.40 Å². The van der Waals surface area contributed by atoms with Crippen molar-refractivity contribution in [2.24, 2.45) is 0 Å². The van der Waals surface area contributed by atoms with Gasteiger partial charge in [0, 0.05) is 16.9 Å². The molecule has 0 amide bonds. The largest absolute Gasteiger partial charge is 0.435 e. The predicted octanol–water partition coefficient (Wildman–Crippen LogP) is 11.5. The third-order valence-corrected chi connectivity index (χ3v) is 8.08. The van der Waals surface area contributed by atoms with Gasteiger partial charge in [-0.2, -0.15) is 0 Å². The number of hydrogen-bond acceptors (Lipinski definition) is 3. The van der Waals surface area contributed by atoms with Crippen LogP contribution < -0.4 is 4.90 Å². The summed E-state index contributed by atoms with van der Waals surface area (Å²) < 4.78 is 6.56. The second-order valence-electron chi connectivity index (χ2n) is 10.8. The van der Waals surface area contributed by atoms with Gasteiger partial charge in [-0.15, -0.1) is 0 Å². The van der Waals surface area contributed by atoms with Crippen molar-refractivity contribution in [3.05, 3.63) is 170 Å². The van der Waals surface area contributed by atoms with E-state index in [0.717, 1.165) is 50.1 Å². The highest BCUT2D eigenvalue weighted by Gasteiger charge is 2.20. The molecule has 8 rings (SSSR count). The molecule has 1 aromatic heterocycles. The number of anilines is 3. The van der Waals surface area contributed by atoms with Crippen LogP contribution in [0.1, 0.15) is 0 Å². The second kappa shape index (κ2) is 11.0. The van der Waals surface area contributed by atoms with Crippen LogP contribution in [0.15, 0.2) is 174 Å². The molecule has 8 aromatic rings. The number of benzene rings is 7. The molecule has 7 aromatic carbocycles. The molecule has 0 fully saturated rings. The molecule has 0 saturated heterocycles. The van der Waals surface area contributed by atoms with E-state index in [1.165, 1.54) is 16.7 Å². The van der Waals surface area contributed by atoms with E-state index in [0.29, 0.717) is 5.89 Å². The SMILES string of the molecule is c1ccc(-c2ccc(N(c3cccc(-c4ccccc4)c3)c3cccc4ccc5nc(-c6ccccc6)oc5c34)cc2)cc1. The fourth-order valence-electron chi connectivity index (χ4n) is 5.94. The first kappa shape index (κ1) is 25.8. The molecule has 0 N–H and O–H groups in total. The topological polar surface area (TPSA) is 29.3 Å². The summed E-state index contributed by atoms with van der Waals surface area (Å²) >= 11 is 0. The molecule has 0 saturated carbocycles. The molecule has 0 atom stereocenters. The molecular formula is C41H28N2O. The molecule has 44 heavy (non-hydrogen) atoms. The van der Waals surface area contributed by atoms with Gasteiger partial charge in [0.05, 0.1) is 11.1 Å². The lowest BCUT2D eigenvalue weighted by Crippen LogP contribution is -2.10. The molecule has 1 heterocycles. The van der Waals surface area contributed by atoms with E-state index in [-0.39, 0.29) is 0 Å². The standard InChI is InChI=1S/C41H28N2O/c1-4-12-29(13-5-1)31-22-25-35(26-23-31)43(36-20-10-19-34(28-36)30-14-6-2-7-15-30)38-21-11-18-32-24-27-37-40(39(32)38)44-41(42-37)33-16-8-3-9-17-33/h1-28H. The van der Waals surface area contributed by atoms with Crippen LogP contribution in [0.5, 0.6) is 0 Å². The van der Waals surface area contributed by atoms with Crippen molar-refractivity contribution in [1.29, 1.82) is 0 Å². The Morgan fingerprint density at radius 3 is 1.73 bits per heavy atom. The van der Waals surface area contributed by atoms with Gasteiger partial charge in [0.2, 0.25) is 5.89 Å². The van der Waals surface area contributed by atoms with E-state index >= 15 is 0 Å². The zero-order valence-electron chi connectivity index (χ0n) is 24.0. The summed E-state index contributed by atoms with van der Waals surface area (Å²) in [4.78, 5) is 7.22. The van der Waals surface area contributed by atoms with Crippen LogP contribution >= 0.6 is 0 Å². The number of nitrogens with zero attached hydrogens (tertiary/aromatic N) is 2. The first-order valence-corrected chi connectivity index (χ1v) is 14.8. The summed E-state index contributed by atoms with van der Waals surface area (Å²) in [5.74, 6) is 0.618. The Labute approximate surface area is 256 Å². The average Bonchev–Trinajstić information content (AvgIpc) is 3.55. The van der Waals surface area contributed by atoms with Crippen molar-refractivity contribution in [3.63, 3.8) is 0 Å². The maximum atomic E-state index is 6.56. The molecule has 0 spiro atoms. The van der Waals surface area contributed by atoms with E-state index in [1.807, 2.05) is 42.5 Å². The van der Waals surface area contributed by atoms with Crippen LogP contribution in [-0.4, -0.2) is 4.98 Å². The Kier molecular flexibility index (Phi) is 6.47. The van der Waals surface area contributed by atoms with Gasteiger partial charge in [-0.05, 0) is 76.2 Å². The quantitative estimate of drug-likeness (QED) is 0.201. The normalized spacial score (nSPS) is 11.2. The first-order valence-electron chi connectivity index (χ1n) is 14.8. The molecule has 0 unspecified atom stereocenters. The number of fused-ring (bicyclic) bond motifs is 3. The summed E-state index contributed by atoms with van der Waals surface area (Å²) in [5.41, 5.74) is 10.4. The first-order chi connectivity index (χ1) is 21.8. The van der Waals surface area contributed by atoms with Crippen molar-refractivity contribution >= 4 is 38.9 Å². The van der Waals surface area contributed by atoms with Gasteiger partial charge in [-0.25, -0.2) is 4.98 Å². The number of hydrogen-bond donors (Lipinski definition) is 0. The minimum absolute atomic E-state index is 0.618. The second-order valence-corrected chi connectivity index (χ2v) is 10.8. The average molecular weight is 565 g/mol. The maximum absolute atomic E-state index is 6.56. The summed E-state index contributed by atoms with van der Waals surface area (Å²) in [6.45, 7) is 0. The van der Waals surface area contributed by atoms with Gasteiger partial charge in [0.15, 0.2) is 5.58 Å². The Morgan fingerprint density at radius 1 is 0.432 bits per heavy atom. The minimum atomic E-state index is 0.618. The zero-order valence-corrected chi connectivity index (χ0v) is 24.0. The Morgan fingerprint density at radius 2 is 1.02 bits per heavy atom. The van der Waals surface area contributed by atoms with E-state index in [1.54, 1.807) is 0 Å². The summed E-state index contributed by atoms with van der Waals surface area (Å²) in [7, 11) is 0. The third kappa shape index (κ3) is 4.71. The fourth-order valence-corrected chi connectivity index (χ4v) is 5.94. The number of aromatic nitrogens is 1. The summed E-state index contributed by atoms with van der Waals surface area (Å²) in [6.07, 6.45) is 0. The third-order valence-electron chi connectivity index (χ3n) is 8.08. The van der Waals surface area contributed by atoms with Crippen LogP contribution in [-0.2, 0) is 0 Å². The highest BCUT2D eigenvalue weighted by atomic mass is 16.3. The Bertz CT molecular complexity index is 2200. The van der Waals surface area contributed by atoms with Gasteiger partial charge in [-0.3, -0.25) is 0 Å². The molecule has 208 valence electrons. The smallest absolute Gasteiger partial charge is 0.227 e. The van der Waals surface area contributed by atoms with Gasteiger partial charge < -0.3 is 9.32 Å². The lowest BCUT2D eigenvalue weighted by atomic mass is 10.0. The highest BCUT2D eigenvalue weighted by molar-refractivity contribution is 6.12. The lowest BCUT2D eigenvalue weighted by Gasteiger charge is -2.27. The minimum Gasteiger partial charge on any atom is -0.435 e. The van der Waals surface area contributed by atoms with E-state index < -0.39 is 0 Å². The van der Waals surface area contributed by atoms with Crippen LogP contribution in [0.4, 0.5) is 17.1 Å². The highest BCUT2D eigenvalue weighted by Crippen LogP contribution is 2.43. The summed E-state index contributed by atoms with van der Waals surface area (Å²) in [6, 6.07) is 59.2. The monoisotopic (exact) mass is 564 g/mol.